The summed E-state index contributed by atoms with van der Waals surface area (Å²) in [5.41, 5.74) is 10.8. The van der Waals surface area contributed by atoms with E-state index in [1.165, 1.54) is 153 Å². The SMILES string of the molecule is C.CC(=O)C(=O)Cl.CC(=O)C(=O)c1c(C(=O)Nc2ccc(F)c(C)c2)ccn1C.CC(C)(C)N.CCOC(=O)C(=O)c1cc(C(=O)Nc2ccc(F)c(C)c2)cn1C.Cc1cc(NC(=O)c2cc(C(=O)C(=O)NC(C)(C)C)n(C)c2)ccc1F.Cc1cc(NC(=O)c2cc(C(=O)C(=O)O)n(C)c2)ccc1F.Cc1cc(NC(=O)c2ccn(C)c2)ccc1F.Cn1ccc(C(=O)O)c1. The zero-order chi connectivity index (χ0) is 99.3. The van der Waals surface area contributed by atoms with E-state index in [9.17, 15) is 98.7 Å². The number of carboxylic acid groups (broad SMARTS) is 2. The fourth-order valence-corrected chi connectivity index (χ4v) is 10.7. The number of nitrogens with two attached hydrogens (primary N) is 1. The maximum Gasteiger partial charge on any atom is 0.381 e. The Morgan fingerprint density at radius 1 is 0.394 bits per heavy atom. The van der Waals surface area contributed by atoms with Crippen LogP contribution in [0.5, 0.6) is 0 Å². The first-order valence-electron chi connectivity index (χ1n) is 39.2. The number of aromatic nitrogens is 6. The fourth-order valence-electron chi connectivity index (χ4n) is 10.7. The third-order valence-electron chi connectivity index (χ3n) is 17.2. The third kappa shape index (κ3) is 35.3. The van der Waals surface area contributed by atoms with Crippen molar-refractivity contribution >= 4 is 133 Å². The van der Waals surface area contributed by atoms with E-state index in [4.69, 9.17) is 15.9 Å². The zero-order valence-electron chi connectivity index (χ0n) is 75.3. The van der Waals surface area contributed by atoms with Crippen molar-refractivity contribution in [3.8, 4) is 0 Å². The van der Waals surface area contributed by atoms with Gasteiger partial charge in [0.1, 0.15) is 34.8 Å². The normalized spacial score (nSPS) is 10.3. The molecule has 5 aromatic carbocycles. The molecule has 132 heavy (non-hydrogen) atoms. The van der Waals surface area contributed by atoms with Crippen LogP contribution in [0.4, 0.5) is 50.4 Å². The number of Topliss-reactive ketones (excluding diaryl/α,β-unsaturated/α-hetero) is 6. The predicted octanol–water partition coefficient (Wildman–Crippen LogP) is 15.0. The standard InChI is InChI=1S/C19H22FN3O3.C17H17FN2O4.C16H15FN2O3.C15H13FN2O4.C13H13FN2O.C6H7NO2.C4H11N.C3H3ClO2.CH4/c1-11-8-13(6-7-14(11)20)21-17(25)12-9-15(23(5)10-12)16(24)18(26)22-19(2,3)4;1-4-24-17(23)15(21)14-8-11(9-20(14)3)16(22)19-12-5-6-13(18)10(2)7-12;1-9-8-11(4-5-13(9)17)18-16(22)12-6-7-19(3)14(12)15(21)10(2)20;1-8-5-10(3-4-11(8)16)17-14(20)9-6-12(18(2)7-9)13(19)15(21)22;1-9-7-11(3-4-12(9)14)15-13(17)10-5-6-16(2)8-10;1-7-3-2-5(4-7)6(8)9;1-4(2,3)5;1-2(5)3(4)6;/h6-10H,1-5H3,(H,21,25)(H,22,26);5-9H,4H2,1-3H3,(H,19,22);4-8H,1-3H3,(H,18,22);3-7H,1-2H3,(H,17,20)(H,21,22);3-8H,1-2H3,(H,15,17);2-4H,1H3,(H,8,9);5H2,1-3H3;1H3;1H4. The summed E-state index contributed by atoms with van der Waals surface area (Å²) >= 11 is 4.62. The molecule has 11 aromatic rings. The van der Waals surface area contributed by atoms with Crippen LogP contribution in [0.1, 0.15) is 202 Å². The van der Waals surface area contributed by atoms with Crippen molar-refractivity contribution < 1.29 is 114 Å². The molecule has 0 aliphatic carbocycles. The molecular formula is C94H105ClF5N13O19. The van der Waals surface area contributed by atoms with Crippen LogP contribution in [0.3, 0.4) is 0 Å². The maximum absolute atomic E-state index is 13.3. The molecule has 0 spiro atoms. The van der Waals surface area contributed by atoms with Gasteiger partial charge in [-0.05, 0) is 250 Å². The number of nitrogens with zero attached hydrogens (tertiary/aromatic N) is 6. The Kier molecular flexibility index (Phi) is 41.8. The first-order chi connectivity index (χ1) is 60.8. The topological polar surface area (TPSA) is 451 Å². The smallest absolute Gasteiger partial charge is 0.381 e. The van der Waals surface area contributed by atoms with Crippen LogP contribution in [-0.4, -0.2) is 149 Å². The minimum absolute atomic E-state index is 0. The van der Waals surface area contributed by atoms with E-state index in [-0.39, 0.29) is 99.6 Å². The van der Waals surface area contributed by atoms with Crippen molar-refractivity contribution in [1.29, 1.82) is 0 Å². The minimum atomic E-state index is -1.60. The number of carboxylic acids is 2. The molecule has 0 unspecified atom stereocenters. The number of carbonyl (C=O) groups excluding carboxylic acids is 14. The average Bonchev–Trinajstić information content (AvgIpc) is 1.68. The molecule has 10 N–H and O–H groups in total. The van der Waals surface area contributed by atoms with Crippen LogP contribution in [-0.2, 0) is 75.8 Å². The van der Waals surface area contributed by atoms with Gasteiger partial charge in [0.05, 0.1) is 57.1 Å². The van der Waals surface area contributed by atoms with Crippen LogP contribution in [0, 0.1) is 63.7 Å². The molecule has 0 fully saturated rings. The predicted molar refractivity (Wildman–Crippen MR) is 487 cm³/mol. The quantitative estimate of drug-likeness (QED) is 0.0106. The molecule has 11 rings (SSSR count). The molecule has 6 heterocycles. The highest BCUT2D eigenvalue weighted by Crippen LogP contribution is 2.24. The Balaban J connectivity index is 0.000000404. The molecule has 6 aromatic heterocycles. The molecule has 32 nitrogen and oxygen atoms in total. The van der Waals surface area contributed by atoms with Gasteiger partial charge in [-0.3, -0.25) is 62.3 Å². The number of anilines is 5. The van der Waals surface area contributed by atoms with E-state index >= 15 is 0 Å². The van der Waals surface area contributed by atoms with Crippen molar-refractivity contribution in [2.24, 2.45) is 48.0 Å². The van der Waals surface area contributed by atoms with Crippen LogP contribution < -0.4 is 37.6 Å². The number of benzene rings is 5. The molecule has 0 aliphatic heterocycles. The van der Waals surface area contributed by atoms with Gasteiger partial charge in [0.2, 0.25) is 17.3 Å². The molecule has 0 bridgehead atoms. The summed E-state index contributed by atoms with van der Waals surface area (Å²) in [5, 5.41) is 31.9. The number of ketones is 6. The lowest BCUT2D eigenvalue weighted by Crippen LogP contribution is -2.44. The Hall–Kier alpha value is -15.4. The summed E-state index contributed by atoms with van der Waals surface area (Å²) in [4.78, 5) is 183. The number of rotatable bonds is 21. The Morgan fingerprint density at radius 3 is 0.947 bits per heavy atom. The van der Waals surface area contributed by atoms with E-state index in [2.05, 4.69) is 48.2 Å². The number of hydrogen-bond acceptors (Lipinski definition) is 18. The number of aryl methyl sites for hydroxylation is 11. The lowest BCUT2D eigenvalue weighted by atomic mass is 10.1. The van der Waals surface area contributed by atoms with Gasteiger partial charge in [0, 0.05) is 145 Å². The highest BCUT2D eigenvalue weighted by Gasteiger charge is 2.29. The van der Waals surface area contributed by atoms with Gasteiger partial charge in [0.15, 0.2) is 0 Å². The van der Waals surface area contributed by atoms with E-state index in [0.29, 0.717) is 67.4 Å². The third-order valence-corrected chi connectivity index (χ3v) is 17.5. The van der Waals surface area contributed by atoms with E-state index in [0.717, 1.165) is 13.8 Å². The highest BCUT2D eigenvalue weighted by molar-refractivity contribution is 6.81. The average molecular weight is 1850 g/mol. The second-order valence-electron chi connectivity index (χ2n) is 31.2. The molecule has 38 heteroatoms. The Morgan fingerprint density at radius 2 is 0.689 bits per heavy atom. The number of aliphatic carboxylic acids is 1. The molecule has 0 saturated carbocycles. The summed E-state index contributed by atoms with van der Waals surface area (Å²) in [6.45, 7) is 23.2. The number of amides is 6. The zero-order valence-corrected chi connectivity index (χ0v) is 76.1. The lowest BCUT2D eigenvalue weighted by molar-refractivity contribution is -0.137. The van der Waals surface area contributed by atoms with Gasteiger partial charge >= 0.3 is 17.9 Å². The lowest BCUT2D eigenvalue weighted by Gasteiger charge is -2.19. The number of halogens is 6. The molecule has 0 saturated heterocycles. The van der Waals surface area contributed by atoms with Crippen LogP contribution >= 0.6 is 11.6 Å². The molecule has 0 radical (unpaired) electrons. The van der Waals surface area contributed by atoms with Gasteiger partial charge in [-0.1, -0.05) is 7.43 Å². The second kappa shape index (κ2) is 49.8. The van der Waals surface area contributed by atoms with Gasteiger partial charge in [-0.15, -0.1) is 0 Å². The summed E-state index contributed by atoms with van der Waals surface area (Å²) < 4.78 is 79.6. The van der Waals surface area contributed by atoms with Gasteiger partial charge in [-0.25, -0.2) is 36.3 Å². The summed E-state index contributed by atoms with van der Waals surface area (Å²) in [5.74, 6) is -12.7. The molecule has 702 valence electrons. The van der Waals surface area contributed by atoms with Crippen molar-refractivity contribution in [3.63, 3.8) is 0 Å². The molecular weight excluding hydrogens is 1750 g/mol. The van der Waals surface area contributed by atoms with Crippen LogP contribution in [0.15, 0.2) is 177 Å². The second-order valence-corrected chi connectivity index (χ2v) is 31.5. The number of esters is 1. The number of carbonyl (C=O) groups is 16. The molecule has 0 aliphatic rings. The largest absolute Gasteiger partial charge is 0.478 e. The van der Waals surface area contributed by atoms with E-state index < -0.39 is 92.9 Å². The van der Waals surface area contributed by atoms with E-state index in [1.807, 2.05) is 27.8 Å². The summed E-state index contributed by atoms with van der Waals surface area (Å²) in [6, 6.07) is 29.8. The fraction of sp³-hybridized carbons (Fsp3) is 0.255. The molecule has 6 amide bonds. The minimum Gasteiger partial charge on any atom is -0.478 e. The van der Waals surface area contributed by atoms with Crippen molar-refractivity contribution in [2.45, 2.75) is 115 Å². The monoisotopic (exact) mass is 1850 g/mol. The van der Waals surface area contributed by atoms with Gasteiger partial charge < -0.3 is 80.0 Å². The van der Waals surface area contributed by atoms with Crippen LogP contribution in [0.2, 0.25) is 0 Å². The number of nitrogens with one attached hydrogen (secondary N) is 6. The first-order valence-corrected chi connectivity index (χ1v) is 39.6. The number of hydrogen-bond donors (Lipinski definition) is 9. The Bertz CT molecular complexity index is 6140. The number of aromatic carboxylic acids is 1. The number of ether oxygens (including phenoxy) is 1. The van der Waals surface area contributed by atoms with Gasteiger partial charge in [-0.2, -0.15) is 0 Å². The van der Waals surface area contributed by atoms with Crippen molar-refractivity contribution in [1.82, 2.24) is 32.7 Å². The van der Waals surface area contributed by atoms with E-state index in [1.54, 1.807) is 149 Å². The summed E-state index contributed by atoms with van der Waals surface area (Å²) in [7, 11) is 9.80. The molecule has 0 atom stereocenters. The maximum atomic E-state index is 13.3. The van der Waals surface area contributed by atoms with Crippen LogP contribution in [0.25, 0.3) is 0 Å². The van der Waals surface area contributed by atoms with Gasteiger partial charge in [0.25, 0.3) is 58.0 Å². The first kappa shape index (κ1) is 111. The highest BCUT2D eigenvalue weighted by atomic mass is 35.5. The van der Waals surface area contributed by atoms with Crippen molar-refractivity contribution in [3.05, 3.63) is 290 Å². The summed E-state index contributed by atoms with van der Waals surface area (Å²) in [6.07, 6.45) is 12.5. The Labute approximate surface area is 762 Å². The van der Waals surface area contributed by atoms with Crippen molar-refractivity contribution in [2.75, 3.05) is 33.2 Å².